The number of rotatable bonds is 13. The van der Waals surface area contributed by atoms with Gasteiger partial charge in [0.05, 0.1) is 37.3 Å². The van der Waals surface area contributed by atoms with Gasteiger partial charge in [-0.25, -0.2) is 8.78 Å². The number of nitrogens with zero attached hydrogens (tertiary/aromatic N) is 9. The Bertz CT molecular complexity index is 3730. The maximum Gasteiger partial charge on any atom is 0.422 e. The fraction of sp³-hybridized carbons (Fsp3) is 0.658. The van der Waals surface area contributed by atoms with Crippen LogP contribution >= 0.6 is 0 Å². The summed E-state index contributed by atoms with van der Waals surface area (Å²) in [6.07, 6.45) is -9.41. The molecule has 0 aromatic heterocycles. The Morgan fingerprint density at radius 1 is 0.691 bits per heavy atom. The summed E-state index contributed by atoms with van der Waals surface area (Å²) in [5.41, 5.74) is -6.00. The molecule has 7 rings (SSSR count). The third-order valence-electron chi connectivity index (χ3n) is 22.1. The lowest BCUT2D eigenvalue weighted by atomic mass is 9.58. The predicted octanol–water partition coefficient (Wildman–Crippen LogP) is 5.36. The van der Waals surface area contributed by atoms with Gasteiger partial charge in [0.1, 0.15) is 71.1 Å². The third kappa shape index (κ3) is 20.6. The predicted molar refractivity (Wildman–Crippen MR) is 385 cm³/mol. The van der Waals surface area contributed by atoms with Crippen molar-refractivity contribution < 1.29 is 102 Å². The Morgan fingerprint density at radius 3 is 1.85 bits per heavy atom. The standard InChI is InChI=1S/C76H106F8N12O14/c1-16-43(3)61-70(106)90(10)40-59(99)91(11)53-25-19-18-22-32-95(69(53)105)56(35-45-26-29-48(30-27-45)75(79,80)81)68(104)89(9)39-57(97)85-52(31-28-46-33-50(77)60(51(78)34-46)76(82,83)84)66(102)96-38-49(110-17-2)36-54(96)64(100)87-74(41-73(5,6)42-74)72(108)94(14)63(47-23-20-21-24-47)71(107)92(12)55(67(103)88(7)8)37-58(98)93(13)62(44(4)109-15)65(101)86-61/h18-19,26-27,29-30,33-34,43-44,47,49,52-56,61-63H,16-17,20-25,28,31-32,35-42H2,1-15H3,(H,85,97)(H,86,101)(H,87,100)/b19-18-/t43-,44-,49+,52-,53+,54-,55-,56-,61-,62-,63-/m0/s1. The van der Waals surface area contributed by atoms with Crippen molar-refractivity contribution >= 4 is 70.9 Å². The number of carbonyl (C=O) groups is 12. The SMILES string of the molecule is CCO[C@@H]1C[C@H]2C(=O)NC3(CC(C)(C)C3)C(=O)N(C)[C@@H](C3CCCC3)C(=O)N(C)[C@H](C(=O)N(C)C)CC(=O)N(C)[C@@H]([C@H](C)OC)C(=O)N[C@@H]([C@@H](C)CC)C(=O)N(C)CC(=O)N(C)[C@@H]3C/C=C\CCN(C3=O)[C@@H](Cc3ccc(C(F)(F)F)cc3)C(=O)N(C)CC(=O)N[C@@H](CCc3cc(F)c(C(F)(F)F)c(F)c3)C(=O)N2C1. The molecule has 1 spiro atoms. The number of hydrogen-bond acceptors (Lipinski definition) is 14. The lowest BCUT2D eigenvalue weighted by Gasteiger charge is -2.54. The largest absolute Gasteiger partial charge is 0.422 e. The summed E-state index contributed by atoms with van der Waals surface area (Å²) >= 11 is 0. The van der Waals surface area contributed by atoms with E-state index in [1.165, 1.54) is 73.2 Å². The average molecular weight is 1560 g/mol. The van der Waals surface area contributed by atoms with Gasteiger partial charge in [-0.3, -0.25) is 57.5 Å². The van der Waals surface area contributed by atoms with Gasteiger partial charge in [-0.15, -0.1) is 0 Å². The van der Waals surface area contributed by atoms with Gasteiger partial charge in [-0.05, 0) is 118 Å². The van der Waals surface area contributed by atoms with E-state index in [0.29, 0.717) is 37.8 Å². The molecule has 3 aliphatic heterocycles. The van der Waals surface area contributed by atoms with Crippen LogP contribution in [0.25, 0.3) is 0 Å². The number of likely N-dealkylation sites (N-methyl/N-ethyl adjacent to an activating group) is 7. The topological polar surface area (TPSA) is 289 Å². The summed E-state index contributed by atoms with van der Waals surface area (Å²) in [6, 6.07) is -7.81. The van der Waals surface area contributed by atoms with Crippen LogP contribution in [0.3, 0.4) is 0 Å². The van der Waals surface area contributed by atoms with Gasteiger partial charge in [-0.2, -0.15) is 26.3 Å². The van der Waals surface area contributed by atoms with Gasteiger partial charge in [0, 0.05) is 96.0 Å². The number of aryl methyl sites for hydroxylation is 1. The van der Waals surface area contributed by atoms with Crippen molar-refractivity contribution in [2.45, 2.75) is 210 Å². The number of alkyl halides is 6. The van der Waals surface area contributed by atoms with Crippen LogP contribution in [0.5, 0.6) is 0 Å². The van der Waals surface area contributed by atoms with Crippen LogP contribution in [-0.2, 0) is 92.2 Å². The zero-order valence-corrected chi connectivity index (χ0v) is 65.2. The monoisotopic (exact) mass is 1560 g/mol. The average Bonchev–Trinajstić information content (AvgIpc) is 0.999. The van der Waals surface area contributed by atoms with Gasteiger partial charge in [-0.1, -0.05) is 71.2 Å². The van der Waals surface area contributed by atoms with Gasteiger partial charge in [0.15, 0.2) is 0 Å². The molecular formula is C76H106F8N12O14. The molecule has 0 unspecified atom stereocenters. The van der Waals surface area contributed by atoms with E-state index in [0.717, 1.165) is 65.6 Å². The molecule has 34 heteroatoms. The first-order chi connectivity index (χ1) is 51.3. The van der Waals surface area contributed by atoms with Gasteiger partial charge in [0.2, 0.25) is 70.9 Å². The normalized spacial score (nSPS) is 26.6. The van der Waals surface area contributed by atoms with Crippen LogP contribution in [0.4, 0.5) is 35.1 Å². The zero-order chi connectivity index (χ0) is 82.1. The molecular weight excluding hydrogens is 1460 g/mol. The zero-order valence-electron chi connectivity index (χ0n) is 65.2. The van der Waals surface area contributed by atoms with Crippen LogP contribution < -0.4 is 16.0 Å². The number of amides is 12. The highest BCUT2D eigenvalue weighted by molar-refractivity contribution is 6.01. The Labute approximate surface area is 636 Å². The number of methoxy groups -OCH3 is 1. The van der Waals surface area contributed by atoms with Crippen LogP contribution in [0.1, 0.15) is 141 Å². The number of nitrogens with one attached hydrogen (secondary N) is 3. The molecule has 11 atom stereocenters. The van der Waals surface area contributed by atoms with E-state index < -0.39 is 234 Å². The highest BCUT2D eigenvalue weighted by Crippen LogP contribution is 2.50. The maximum atomic E-state index is 15.8. The van der Waals surface area contributed by atoms with E-state index >= 15 is 37.5 Å². The lowest BCUT2D eigenvalue weighted by molar-refractivity contribution is -0.161. The second kappa shape index (κ2) is 36.6. The fourth-order valence-corrected chi connectivity index (χ4v) is 15.9. The summed E-state index contributed by atoms with van der Waals surface area (Å²) in [6.45, 7) is 7.94. The number of halogens is 8. The summed E-state index contributed by atoms with van der Waals surface area (Å²) in [4.78, 5) is 191. The Balaban J connectivity index is 1.37. The van der Waals surface area contributed by atoms with Gasteiger partial charge >= 0.3 is 12.4 Å². The molecule has 3 heterocycles. The number of benzene rings is 2. The van der Waals surface area contributed by atoms with Crippen molar-refractivity contribution in [3.8, 4) is 0 Å². The Hall–Kier alpha value is -8.82. The lowest BCUT2D eigenvalue weighted by Crippen LogP contribution is -2.71. The molecule has 26 nitrogen and oxygen atoms in total. The molecule has 110 heavy (non-hydrogen) atoms. The van der Waals surface area contributed by atoms with Gasteiger partial charge < -0.3 is 69.5 Å². The highest BCUT2D eigenvalue weighted by atomic mass is 19.4. The van der Waals surface area contributed by atoms with Crippen molar-refractivity contribution in [2.75, 3.05) is 96.3 Å². The molecule has 2 aromatic rings. The molecule has 0 radical (unpaired) electrons. The van der Waals surface area contributed by atoms with Gasteiger partial charge in [0.25, 0.3) is 0 Å². The summed E-state index contributed by atoms with van der Waals surface area (Å²) in [7, 11) is 11.8. The van der Waals surface area contributed by atoms with Crippen LogP contribution in [0.2, 0.25) is 0 Å². The molecule has 2 saturated carbocycles. The van der Waals surface area contributed by atoms with Crippen molar-refractivity contribution in [2.24, 2.45) is 17.3 Å². The fourth-order valence-electron chi connectivity index (χ4n) is 15.9. The number of hydrogen-bond donors (Lipinski definition) is 3. The number of fused-ring (bicyclic) bond motifs is 3. The quantitative estimate of drug-likeness (QED) is 0.168. The third-order valence-corrected chi connectivity index (χ3v) is 22.1. The van der Waals surface area contributed by atoms with Crippen molar-refractivity contribution in [3.63, 3.8) is 0 Å². The molecule has 610 valence electrons. The van der Waals surface area contributed by atoms with E-state index in [2.05, 4.69) is 16.0 Å². The first-order valence-corrected chi connectivity index (χ1v) is 37.1. The molecule has 2 aromatic carbocycles. The number of ether oxygens (including phenoxy) is 2. The summed E-state index contributed by atoms with van der Waals surface area (Å²) in [5.74, 6) is -15.7. The molecule has 2 saturated heterocycles. The van der Waals surface area contributed by atoms with Crippen molar-refractivity contribution in [3.05, 3.63) is 82.4 Å². The highest BCUT2D eigenvalue weighted by Gasteiger charge is 2.59. The van der Waals surface area contributed by atoms with Crippen LogP contribution in [0.15, 0.2) is 48.6 Å². The minimum atomic E-state index is -5.47. The van der Waals surface area contributed by atoms with E-state index in [1.807, 2.05) is 13.8 Å². The molecule has 2 aliphatic carbocycles. The first kappa shape index (κ1) is 88.4. The Morgan fingerprint density at radius 2 is 1.30 bits per heavy atom. The second-order valence-electron chi connectivity index (χ2n) is 30.9. The maximum absolute atomic E-state index is 15.8. The minimum Gasteiger partial charge on any atom is -0.379 e. The van der Waals surface area contributed by atoms with Crippen molar-refractivity contribution in [1.29, 1.82) is 0 Å². The van der Waals surface area contributed by atoms with Crippen molar-refractivity contribution in [1.82, 2.24) is 60.0 Å². The van der Waals surface area contributed by atoms with E-state index in [-0.39, 0.29) is 63.8 Å². The van der Waals surface area contributed by atoms with E-state index in [9.17, 15) is 55.1 Å². The molecule has 3 N–H and O–H groups in total. The first-order valence-electron chi connectivity index (χ1n) is 37.1. The molecule has 12 amide bonds. The Kier molecular flexibility index (Phi) is 29.4. The minimum absolute atomic E-state index is 0.0251. The van der Waals surface area contributed by atoms with Crippen LogP contribution in [-0.4, -0.2) is 277 Å². The smallest absolute Gasteiger partial charge is 0.379 e. The molecule has 4 fully saturated rings. The molecule has 2 bridgehead atoms. The molecule has 5 aliphatic rings. The summed E-state index contributed by atoms with van der Waals surface area (Å²) < 4.78 is 126. The van der Waals surface area contributed by atoms with E-state index in [4.69, 9.17) is 9.47 Å². The number of carbonyl (C=O) groups excluding carboxylic acids is 12. The van der Waals surface area contributed by atoms with E-state index in [1.54, 1.807) is 32.9 Å². The second-order valence-corrected chi connectivity index (χ2v) is 30.9. The summed E-state index contributed by atoms with van der Waals surface area (Å²) in [5, 5.41) is 8.25. The van der Waals surface area contributed by atoms with Crippen LogP contribution in [0, 0.1) is 28.9 Å².